The minimum absolute atomic E-state index is 0.295. The van der Waals surface area contributed by atoms with Gasteiger partial charge in [0.1, 0.15) is 28.4 Å². The van der Waals surface area contributed by atoms with E-state index in [1.54, 1.807) is 26.3 Å². The number of aromatic amines is 1. The predicted molar refractivity (Wildman–Crippen MR) is 98.5 cm³/mol. The van der Waals surface area contributed by atoms with E-state index < -0.39 is 0 Å². The van der Waals surface area contributed by atoms with E-state index in [0.717, 1.165) is 11.3 Å². The number of halogens is 1. The Kier molecular flexibility index (Phi) is 3.76. The van der Waals surface area contributed by atoms with Crippen LogP contribution in [0.15, 0.2) is 52.4 Å². The van der Waals surface area contributed by atoms with Crippen LogP contribution in [0.1, 0.15) is 11.4 Å². The molecule has 0 spiro atoms. The van der Waals surface area contributed by atoms with Crippen LogP contribution in [0.5, 0.6) is 5.75 Å². The number of aromatic nitrogens is 3. The summed E-state index contributed by atoms with van der Waals surface area (Å²) in [4.78, 5) is 20.2. The zero-order valence-corrected chi connectivity index (χ0v) is 14.2. The second-order valence-electron chi connectivity index (χ2n) is 5.83. The number of ether oxygens (including phenoxy) is 1. The zero-order valence-electron chi connectivity index (χ0n) is 14.2. The molecular formula is C19H15FN4O2. The van der Waals surface area contributed by atoms with Crippen molar-refractivity contribution in [3.05, 3.63) is 70.0 Å². The van der Waals surface area contributed by atoms with Crippen LogP contribution in [0.2, 0.25) is 0 Å². The van der Waals surface area contributed by atoms with E-state index in [9.17, 15) is 9.18 Å². The maximum Gasteiger partial charge on any atom is 0.298 e. The monoisotopic (exact) mass is 350 g/mol. The fourth-order valence-electron chi connectivity index (χ4n) is 2.83. The second kappa shape index (κ2) is 6.11. The van der Waals surface area contributed by atoms with Crippen LogP contribution in [0.3, 0.4) is 0 Å². The molecule has 6 nitrogen and oxygen atoms in total. The van der Waals surface area contributed by atoms with Gasteiger partial charge in [0.2, 0.25) is 0 Å². The van der Waals surface area contributed by atoms with Crippen LogP contribution in [0.4, 0.5) is 4.39 Å². The highest BCUT2D eigenvalue weighted by Gasteiger charge is 2.13. The highest BCUT2D eigenvalue weighted by molar-refractivity contribution is 6.04. The fourth-order valence-corrected chi connectivity index (χ4v) is 2.83. The third-order valence-electron chi connectivity index (χ3n) is 4.16. The first-order valence-electron chi connectivity index (χ1n) is 7.96. The van der Waals surface area contributed by atoms with Gasteiger partial charge in [0.15, 0.2) is 0 Å². The normalized spacial score (nSPS) is 11.7. The molecular weight excluding hydrogens is 335 g/mol. The maximum absolute atomic E-state index is 13.5. The van der Waals surface area contributed by atoms with Gasteiger partial charge in [-0.05, 0) is 55.0 Å². The van der Waals surface area contributed by atoms with Crippen molar-refractivity contribution in [3.8, 4) is 5.75 Å². The number of methoxy groups -OCH3 is 1. The lowest BCUT2D eigenvalue weighted by molar-refractivity contribution is 0.415. The number of rotatable bonds is 3. The Balaban J connectivity index is 1.83. The lowest BCUT2D eigenvalue weighted by Crippen LogP contribution is -2.20. The number of nitrogens with zero attached hydrogens (tertiary/aromatic N) is 3. The van der Waals surface area contributed by atoms with Gasteiger partial charge in [-0.3, -0.25) is 4.79 Å². The lowest BCUT2D eigenvalue weighted by Gasteiger charge is -2.03. The molecule has 0 unspecified atom stereocenters. The van der Waals surface area contributed by atoms with Crippen LogP contribution >= 0.6 is 0 Å². The summed E-state index contributed by atoms with van der Waals surface area (Å²) in [5.41, 5.74) is 1.87. The molecule has 0 saturated carbocycles. The van der Waals surface area contributed by atoms with Crippen LogP contribution in [0, 0.1) is 12.7 Å². The molecule has 4 rings (SSSR count). The maximum atomic E-state index is 13.5. The molecule has 0 bridgehead atoms. The fraction of sp³-hybridized carbons (Fsp3) is 0.105. The van der Waals surface area contributed by atoms with Crippen molar-refractivity contribution < 1.29 is 9.13 Å². The first kappa shape index (κ1) is 16.0. The molecule has 7 heteroatoms. The average Bonchev–Trinajstić information content (AvgIpc) is 3.00. The lowest BCUT2D eigenvalue weighted by atomic mass is 10.2. The van der Waals surface area contributed by atoms with Gasteiger partial charge in [0, 0.05) is 10.9 Å². The van der Waals surface area contributed by atoms with Gasteiger partial charge < -0.3 is 9.72 Å². The first-order chi connectivity index (χ1) is 12.6. The molecule has 0 atom stereocenters. The summed E-state index contributed by atoms with van der Waals surface area (Å²) in [5, 5.41) is 4.83. The second-order valence-corrected chi connectivity index (χ2v) is 5.83. The molecule has 2 aromatic heterocycles. The largest absolute Gasteiger partial charge is 0.497 e. The number of benzene rings is 2. The summed E-state index contributed by atoms with van der Waals surface area (Å²) in [6.07, 6.45) is 1.57. The number of fused-ring (bicyclic) bond motifs is 3. The minimum atomic E-state index is -0.375. The average molecular weight is 350 g/mol. The third kappa shape index (κ3) is 2.63. The Morgan fingerprint density at radius 3 is 2.73 bits per heavy atom. The molecule has 0 amide bonds. The smallest absolute Gasteiger partial charge is 0.298 e. The van der Waals surface area contributed by atoms with Gasteiger partial charge in [0.25, 0.3) is 5.56 Å². The summed E-state index contributed by atoms with van der Waals surface area (Å²) in [6, 6.07) is 11.6. The molecule has 26 heavy (non-hydrogen) atoms. The van der Waals surface area contributed by atoms with Gasteiger partial charge in [-0.25, -0.2) is 9.37 Å². The quantitative estimate of drug-likeness (QED) is 0.577. The Bertz CT molecular complexity index is 1210. The highest BCUT2D eigenvalue weighted by atomic mass is 19.1. The Hall–Kier alpha value is -3.48. The van der Waals surface area contributed by atoms with Crippen molar-refractivity contribution >= 4 is 28.2 Å². The summed E-state index contributed by atoms with van der Waals surface area (Å²) >= 11 is 0. The van der Waals surface area contributed by atoms with Crippen molar-refractivity contribution in [2.24, 2.45) is 5.10 Å². The molecule has 130 valence electrons. The molecule has 0 radical (unpaired) electrons. The Morgan fingerprint density at radius 1 is 1.23 bits per heavy atom. The van der Waals surface area contributed by atoms with E-state index in [4.69, 9.17) is 4.74 Å². The van der Waals surface area contributed by atoms with Crippen LogP contribution in [0.25, 0.3) is 21.9 Å². The van der Waals surface area contributed by atoms with Gasteiger partial charge in [0.05, 0.1) is 13.3 Å². The van der Waals surface area contributed by atoms with Crippen LogP contribution in [-0.4, -0.2) is 28.0 Å². The molecule has 0 fully saturated rings. The van der Waals surface area contributed by atoms with E-state index in [1.165, 1.54) is 16.8 Å². The topological polar surface area (TPSA) is 72.3 Å². The van der Waals surface area contributed by atoms with Gasteiger partial charge in [-0.15, -0.1) is 0 Å². The third-order valence-corrected chi connectivity index (χ3v) is 4.16. The summed E-state index contributed by atoms with van der Waals surface area (Å²) in [7, 11) is 1.60. The van der Waals surface area contributed by atoms with E-state index >= 15 is 0 Å². The molecule has 4 aromatic rings. The van der Waals surface area contributed by atoms with Crippen LogP contribution in [-0.2, 0) is 0 Å². The number of hydrogen-bond donors (Lipinski definition) is 1. The molecule has 2 heterocycles. The SMILES string of the molecule is COc1ccc(/C=N\n2c(C)nc3c([nH]c4ccc(F)cc43)c2=O)cc1. The Morgan fingerprint density at radius 2 is 2.00 bits per heavy atom. The standard InChI is InChI=1S/C19H15FN4O2/c1-11-22-17-15-9-13(20)5-8-16(15)23-18(17)19(25)24(11)21-10-12-3-6-14(26-2)7-4-12/h3-10,23H,1-2H3/b21-10-. The van der Waals surface area contributed by atoms with E-state index in [-0.39, 0.29) is 11.4 Å². The van der Waals surface area contributed by atoms with Gasteiger partial charge >= 0.3 is 0 Å². The van der Waals surface area contributed by atoms with Crippen molar-refractivity contribution in [2.75, 3.05) is 7.11 Å². The molecule has 0 saturated heterocycles. The highest BCUT2D eigenvalue weighted by Crippen LogP contribution is 2.22. The predicted octanol–water partition coefficient (Wildman–Crippen LogP) is 3.22. The van der Waals surface area contributed by atoms with Crippen LogP contribution < -0.4 is 10.3 Å². The number of aryl methyl sites for hydroxylation is 1. The van der Waals surface area contributed by atoms with E-state index in [1.807, 2.05) is 24.3 Å². The Labute approximate surface area is 147 Å². The molecule has 1 N–H and O–H groups in total. The van der Waals surface area contributed by atoms with Crippen molar-refractivity contribution in [1.29, 1.82) is 0 Å². The molecule has 0 aliphatic carbocycles. The summed E-state index contributed by atoms with van der Waals surface area (Å²) < 4.78 is 19.9. The van der Waals surface area contributed by atoms with E-state index in [2.05, 4.69) is 15.1 Å². The van der Waals surface area contributed by atoms with Crippen molar-refractivity contribution in [3.63, 3.8) is 0 Å². The zero-order chi connectivity index (χ0) is 18.3. The number of nitrogens with one attached hydrogen (secondary N) is 1. The van der Waals surface area contributed by atoms with Crippen molar-refractivity contribution in [1.82, 2.24) is 14.6 Å². The summed E-state index contributed by atoms with van der Waals surface area (Å²) in [5.74, 6) is 0.779. The number of H-pyrrole nitrogens is 1. The molecule has 2 aromatic carbocycles. The summed E-state index contributed by atoms with van der Waals surface area (Å²) in [6.45, 7) is 1.68. The minimum Gasteiger partial charge on any atom is -0.497 e. The van der Waals surface area contributed by atoms with E-state index in [0.29, 0.717) is 27.8 Å². The number of hydrogen-bond acceptors (Lipinski definition) is 4. The van der Waals surface area contributed by atoms with Gasteiger partial charge in [-0.1, -0.05) is 0 Å². The molecule has 0 aliphatic rings. The first-order valence-corrected chi connectivity index (χ1v) is 7.96. The van der Waals surface area contributed by atoms with Gasteiger partial charge in [-0.2, -0.15) is 9.78 Å². The van der Waals surface area contributed by atoms with Crippen molar-refractivity contribution in [2.45, 2.75) is 6.92 Å². The molecule has 0 aliphatic heterocycles.